The van der Waals surface area contributed by atoms with Crippen LogP contribution < -0.4 is 0 Å². The minimum atomic E-state index is -0.0256. The Morgan fingerprint density at radius 2 is 2.19 bits per heavy atom. The van der Waals surface area contributed by atoms with Gasteiger partial charge in [0, 0.05) is 28.1 Å². The molecule has 3 heterocycles. The first-order valence-electron chi connectivity index (χ1n) is 7.69. The predicted octanol–water partition coefficient (Wildman–Crippen LogP) is 2.69. The Bertz CT molecular complexity index is 590. The first-order chi connectivity index (χ1) is 10.2. The smallest absolute Gasteiger partial charge is 0.311 e. The highest BCUT2D eigenvalue weighted by Crippen LogP contribution is 2.57. The molecule has 1 aromatic carbocycles. The summed E-state index contributed by atoms with van der Waals surface area (Å²) in [5, 5.41) is 0. The van der Waals surface area contributed by atoms with Crippen LogP contribution in [0.25, 0.3) is 0 Å². The van der Waals surface area contributed by atoms with Crippen LogP contribution in [0.2, 0.25) is 0 Å². The van der Waals surface area contributed by atoms with Crippen molar-refractivity contribution in [1.29, 1.82) is 0 Å². The Balaban J connectivity index is 1.85. The van der Waals surface area contributed by atoms with Crippen molar-refractivity contribution >= 4 is 17.7 Å². The van der Waals surface area contributed by atoms with Crippen LogP contribution in [0.15, 0.2) is 29.2 Å². The average molecular weight is 303 g/mol. The molecule has 0 amide bonds. The maximum absolute atomic E-state index is 12.6. The van der Waals surface area contributed by atoms with Crippen LogP contribution in [-0.4, -0.2) is 42.9 Å². The number of hydrogen-bond acceptors (Lipinski definition) is 4. The molecule has 112 valence electrons. The molecule has 4 rings (SSSR count). The molecule has 4 atom stereocenters. The number of hydrogen-bond donors (Lipinski definition) is 0. The number of esters is 1. The molecule has 3 aliphatic heterocycles. The SMILES string of the molecule is COC(=O)[C@H]1[C@H]2CC[C@@H](C[C@]13CSc1ccccc13)N2C. The van der Waals surface area contributed by atoms with Crippen LogP contribution in [0.4, 0.5) is 0 Å². The van der Waals surface area contributed by atoms with E-state index in [1.54, 1.807) is 0 Å². The van der Waals surface area contributed by atoms with Crippen LogP contribution in [0.3, 0.4) is 0 Å². The largest absolute Gasteiger partial charge is 0.469 e. The zero-order chi connectivity index (χ0) is 14.6. The number of piperidine rings is 1. The van der Waals surface area contributed by atoms with Gasteiger partial charge in [-0.05, 0) is 37.9 Å². The number of ether oxygens (including phenoxy) is 1. The lowest BCUT2D eigenvalue weighted by Crippen LogP contribution is -2.58. The summed E-state index contributed by atoms with van der Waals surface area (Å²) in [6, 6.07) is 9.59. The second kappa shape index (κ2) is 4.75. The van der Waals surface area contributed by atoms with E-state index in [1.165, 1.54) is 24.0 Å². The molecule has 1 spiro atoms. The molecule has 0 aliphatic carbocycles. The van der Waals surface area contributed by atoms with E-state index in [0.717, 1.165) is 18.6 Å². The van der Waals surface area contributed by atoms with Gasteiger partial charge in [-0.1, -0.05) is 18.2 Å². The van der Waals surface area contributed by atoms with Gasteiger partial charge >= 0.3 is 5.97 Å². The Morgan fingerprint density at radius 1 is 1.38 bits per heavy atom. The maximum atomic E-state index is 12.6. The third kappa shape index (κ3) is 1.75. The molecule has 0 N–H and O–H groups in total. The molecule has 21 heavy (non-hydrogen) atoms. The van der Waals surface area contributed by atoms with Crippen molar-refractivity contribution in [1.82, 2.24) is 4.90 Å². The molecular weight excluding hydrogens is 282 g/mol. The molecule has 2 saturated heterocycles. The minimum Gasteiger partial charge on any atom is -0.469 e. The fourth-order valence-electron chi connectivity index (χ4n) is 4.83. The molecule has 3 nitrogen and oxygen atoms in total. The summed E-state index contributed by atoms with van der Waals surface area (Å²) in [5.41, 5.74) is 1.36. The van der Waals surface area contributed by atoms with Crippen molar-refractivity contribution in [2.45, 2.75) is 41.7 Å². The minimum absolute atomic E-state index is 0.0211. The van der Waals surface area contributed by atoms with Gasteiger partial charge in [-0.2, -0.15) is 0 Å². The van der Waals surface area contributed by atoms with E-state index >= 15 is 0 Å². The predicted molar refractivity (Wildman–Crippen MR) is 83.5 cm³/mol. The number of fused-ring (bicyclic) bond motifs is 4. The highest BCUT2D eigenvalue weighted by molar-refractivity contribution is 7.99. The first kappa shape index (κ1) is 13.6. The maximum Gasteiger partial charge on any atom is 0.311 e. The van der Waals surface area contributed by atoms with Crippen molar-refractivity contribution < 1.29 is 9.53 Å². The van der Waals surface area contributed by atoms with Gasteiger partial charge in [-0.3, -0.25) is 9.69 Å². The fraction of sp³-hybridized carbons (Fsp3) is 0.588. The summed E-state index contributed by atoms with van der Waals surface area (Å²) in [7, 11) is 3.71. The van der Waals surface area contributed by atoms with Gasteiger partial charge < -0.3 is 4.74 Å². The van der Waals surface area contributed by atoms with E-state index in [0.29, 0.717) is 12.1 Å². The Labute approximate surface area is 130 Å². The average Bonchev–Trinajstić information content (AvgIpc) is 2.97. The van der Waals surface area contributed by atoms with Crippen LogP contribution in [-0.2, 0) is 14.9 Å². The van der Waals surface area contributed by atoms with Crippen molar-refractivity contribution in [3.05, 3.63) is 29.8 Å². The first-order valence-corrected chi connectivity index (χ1v) is 8.68. The Morgan fingerprint density at radius 3 is 3.00 bits per heavy atom. The third-order valence-electron chi connectivity index (χ3n) is 5.84. The number of thioether (sulfide) groups is 1. The molecule has 0 saturated carbocycles. The number of carbonyl (C=O) groups excluding carboxylic acids is 1. The molecule has 0 unspecified atom stereocenters. The van der Waals surface area contributed by atoms with Gasteiger partial charge in [0.05, 0.1) is 13.0 Å². The summed E-state index contributed by atoms with van der Waals surface area (Å²) in [6.45, 7) is 0. The highest BCUT2D eigenvalue weighted by atomic mass is 32.2. The molecule has 0 aromatic heterocycles. The highest BCUT2D eigenvalue weighted by Gasteiger charge is 2.60. The van der Waals surface area contributed by atoms with Gasteiger partial charge in [-0.15, -0.1) is 11.8 Å². The van der Waals surface area contributed by atoms with Crippen LogP contribution in [0, 0.1) is 5.92 Å². The molecular formula is C17H21NO2S. The van der Waals surface area contributed by atoms with E-state index in [4.69, 9.17) is 4.74 Å². The molecule has 3 aliphatic rings. The number of nitrogens with zero attached hydrogens (tertiary/aromatic N) is 1. The Hall–Kier alpha value is -1.00. The molecule has 4 heteroatoms. The number of rotatable bonds is 1. The van der Waals surface area contributed by atoms with E-state index in [1.807, 2.05) is 11.8 Å². The molecule has 2 fully saturated rings. The van der Waals surface area contributed by atoms with Crippen LogP contribution in [0.5, 0.6) is 0 Å². The van der Waals surface area contributed by atoms with Gasteiger partial charge in [-0.25, -0.2) is 0 Å². The number of methoxy groups -OCH3 is 1. The third-order valence-corrected chi connectivity index (χ3v) is 7.17. The molecule has 2 bridgehead atoms. The van der Waals surface area contributed by atoms with E-state index in [2.05, 4.69) is 36.2 Å². The summed E-state index contributed by atoms with van der Waals surface area (Å²) < 4.78 is 5.22. The summed E-state index contributed by atoms with van der Waals surface area (Å²) in [4.78, 5) is 16.4. The lowest BCUT2D eigenvalue weighted by atomic mass is 9.64. The zero-order valence-corrected chi connectivity index (χ0v) is 13.4. The normalized spacial score (nSPS) is 37.7. The monoisotopic (exact) mass is 303 g/mol. The second-order valence-electron chi connectivity index (χ2n) is 6.61. The van der Waals surface area contributed by atoms with Crippen molar-refractivity contribution in [3.8, 4) is 0 Å². The lowest BCUT2D eigenvalue weighted by molar-refractivity contribution is -0.153. The Kier molecular flexibility index (Phi) is 3.09. The standard InChI is InChI=1S/C17H21NO2S/c1-18-11-7-8-13(18)15(16(19)20-2)17(9-11)10-21-14-6-4-3-5-12(14)17/h3-6,11,13,15H,7-10H2,1-2H3/t11-,13+,15+,17+/m0/s1. The number of benzene rings is 1. The molecule has 1 aromatic rings. The fourth-order valence-corrected chi connectivity index (χ4v) is 6.30. The van der Waals surface area contributed by atoms with Crippen molar-refractivity contribution in [3.63, 3.8) is 0 Å². The van der Waals surface area contributed by atoms with Crippen LogP contribution in [0.1, 0.15) is 24.8 Å². The zero-order valence-electron chi connectivity index (χ0n) is 12.5. The summed E-state index contributed by atoms with van der Waals surface area (Å²) >= 11 is 1.91. The summed E-state index contributed by atoms with van der Waals surface area (Å²) in [6.07, 6.45) is 3.42. The topological polar surface area (TPSA) is 29.5 Å². The van der Waals surface area contributed by atoms with Crippen molar-refractivity contribution in [2.24, 2.45) is 5.92 Å². The quantitative estimate of drug-likeness (QED) is 0.746. The van der Waals surface area contributed by atoms with E-state index in [9.17, 15) is 4.79 Å². The van der Waals surface area contributed by atoms with Gasteiger partial charge in [0.2, 0.25) is 0 Å². The van der Waals surface area contributed by atoms with E-state index < -0.39 is 0 Å². The van der Waals surface area contributed by atoms with Gasteiger partial charge in [0.15, 0.2) is 0 Å². The number of carbonyl (C=O) groups is 1. The molecule has 0 radical (unpaired) electrons. The van der Waals surface area contributed by atoms with Crippen molar-refractivity contribution in [2.75, 3.05) is 19.9 Å². The van der Waals surface area contributed by atoms with E-state index in [-0.39, 0.29) is 17.3 Å². The lowest BCUT2D eigenvalue weighted by Gasteiger charge is -2.48. The van der Waals surface area contributed by atoms with Crippen LogP contribution >= 0.6 is 11.8 Å². The van der Waals surface area contributed by atoms with Gasteiger partial charge in [0.25, 0.3) is 0 Å². The van der Waals surface area contributed by atoms with Gasteiger partial charge in [0.1, 0.15) is 0 Å². The second-order valence-corrected chi connectivity index (χ2v) is 7.63. The summed E-state index contributed by atoms with van der Waals surface area (Å²) in [5.74, 6) is 0.972.